The monoisotopic (exact) mass is 314 g/mol. The van der Waals surface area contributed by atoms with Crippen molar-refractivity contribution in [2.24, 2.45) is 5.92 Å². The zero-order valence-corrected chi connectivity index (χ0v) is 13.8. The summed E-state index contributed by atoms with van der Waals surface area (Å²) in [6, 6.07) is 6.36. The summed E-state index contributed by atoms with van der Waals surface area (Å²) in [6.45, 7) is 2.23. The van der Waals surface area contributed by atoms with Gasteiger partial charge in [0.25, 0.3) is 0 Å². The quantitative estimate of drug-likeness (QED) is 0.759. The van der Waals surface area contributed by atoms with Crippen LogP contribution in [-0.4, -0.2) is 28.6 Å². The normalized spacial score (nSPS) is 22.0. The van der Waals surface area contributed by atoms with Gasteiger partial charge in [-0.15, -0.1) is 0 Å². The number of amides is 1. The maximum atomic E-state index is 12.5. The molecule has 4 nitrogen and oxygen atoms in total. The third kappa shape index (κ3) is 3.75. The number of aromatic nitrogens is 1. The van der Waals surface area contributed by atoms with Crippen LogP contribution >= 0.6 is 0 Å². The molecule has 3 rings (SSSR count). The molecule has 1 aromatic heterocycles. The Morgan fingerprint density at radius 3 is 2.96 bits per heavy atom. The summed E-state index contributed by atoms with van der Waals surface area (Å²) >= 11 is 0. The number of carbonyl (C=O) groups is 1. The van der Waals surface area contributed by atoms with E-state index in [9.17, 15) is 9.90 Å². The van der Waals surface area contributed by atoms with Crippen molar-refractivity contribution in [3.8, 4) is 0 Å². The van der Waals surface area contributed by atoms with Crippen LogP contribution in [0.4, 0.5) is 0 Å². The van der Waals surface area contributed by atoms with Crippen molar-refractivity contribution in [2.45, 2.75) is 51.5 Å². The number of carbonyl (C=O) groups excluding carboxylic acids is 1. The first kappa shape index (κ1) is 16.1. The van der Waals surface area contributed by atoms with E-state index < -0.39 is 0 Å². The van der Waals surface area contributed by atoms with Gasteiger partial charge in [-0.3, -0.25) is 4.79 Å². The number of benzene rings is 1. The molecule has 1 heterocycles. The Labute approximate surface area is 137 Å². The highest BCUT2D eigenvalue weighted by Gasteiger charge is 2.24. The summed E-state index contributed by atoms with van der Waals surface area (Å²) in [6.07, 6.45) is 7.79. The van der Waals surface area contributed by atoms with Crippen molar-refractivity contribution < 1.29 is 9.90 Å². The van der Waals surface area contributed by atoms with Crippen molar-refractivity contribution in [3.05, 3.63) is 35.5 Å². The zero-order valence-electron chi connectivity index (χ0n) is 13.8. The Morgan fingerprint density at radius 2 is 2.13 bits per heavy atom. The third-order valence-electron chi connectivity index (χ3n) is 5.01. The molecule has 0 saturated heterocycles. The molecule has 0 bridgehead atoms. The fourth-order valence-corrected chi connectivity index (χ4v) is 3.67. The smallest absolute Gasteiger partial charge is 0.224 e. The van der Waals surface area contributed by atoms with Crippen molar-refractivity contribution in [3.63, 3.8) is 0 Å². The second kappa shape index (κ2) is 7.18. The highest BCUT2D eigenvalue weighted by atomic mass is 16.3. The van der Waals surface area contributed by atoms with Gasteiger partial charge in [-0.2, -0.15) is 0 Å². The van der Waals surface area contributed by atoms with E-state index in [4.69, 9.17) is 0 Å². The molecule has 23 heavy (non-hydrogen) atoms. The van der Waals surface area contributed by atoms with E-state index in [2.05, 4.69) is 35.4 Å². The number of aliphatic hydroxyl groups excluding tert-OH is 1. The highest BCUT2D eigenvalue weighted by Crippen LogP contribution is 2.24. The van der Waals surface area contributed by atoms with Crippen LogP contribution in [0.5, 0.6) is 0 Å². The lowest BCUT2D eigenvalue weighted by atomic mass is 9.95. The number of aliphatic hydroxyl groups is 1. The van der Waals surface area contributed by atoms with Crippen molar-refractivity contribution in [1.29, 1.82) is 0 Å². The molecule has 0 spiro atoms. The lowest BCUT2D eigenvalue weighted by Crippen LogP contribution is -2.41. The van der Waals surface area contributed by atoms with E-state index in [1.165, 1.54) is 12.0 Å². The topological polar surface area (TPSA) is 65.1 Å². The standard InChI is InChI=1S/C19H26N2O2/c1-13-7-8-16-15(11-20-18(16)9-13)10-19(23)21-17-6-4-2-3-5-14(17)12-22/h7-9,11,14,17,20,22H,2-6,10,12H2,1H3,(H,21,23). The Bertz CT molecular complexity index is 677. The average Bonchev–Trinajstić information content (AvgIpc) is 2.77. The van der Waals surface area contributed by atoms with Crippen LogP contribution in [0.15, 0.2) is 24.4 Å². The first-order valence-corrected chi connectivity index (χ1v) is 8.64. The Morgan fingerprint density at radius 1 is 1.30 bits per heavy atom. The van der Waals surface area contributed by atoms with Gasteiger partial charge in [-0.05, 0) is 37.0 Å². The second-order valence-corrected chi connectivity index (χ2v) is 6.79. The fourth-order valence-electron chi connectivity index (χ4n) is 3.67. The van der Waals surface area contributed by atoms with Crippen LogP contribution in [-0.2, 0) is 11.2 Å². The fraction of sp³-hybridized carbons (Fsp3) is 0.526. The van der Waals surface area contributed by atoms with Crippen molar-refractivity contribution in [2.75, 3.05) is 6.61 Å². The third-order valence-corrected chi connectivity index (χ3v) is 5.01. The van der Waals surface area contributed by atoms with Crippen LogP contribution in [0.1, 0.15) is 43.2 Å². The molecule has 1 fully saturated rings. The van der Waals surface area contributed by atoms with Gasteiger partial charge in [0.2, 0.25) is 5.91 Å². The van der Waals surface area contributed by atoms with Crippen LogP contribution < -0.4 is 5.32 Å². The average molecular weight is 314 g/mol. The molecule has 124 valence electrons. The molecule has 1 aliphatic carbocycles. The SMILES string of the molecule is Cc1ccc2c(CC(=O)NC3CCCCCC3CO)c[nH]c2c1. The number of aromatic amines is 1. The first-order valence-electron chi connectivity index (χ1n) is 8.64. The molecule has 1 aromatic carbocycles. The molecule has 2 unspecified atom stereocenters. The summed E-state index contributed by atoms with van der Waals surface area (Å²) in [5.74, 6) is 0.254. The minimum absolute atomic E-state index is 0.0526. The number of aryl methyl sites for hydroxylation is 1. The van der Waals surface area contributed by atoms with E-state index in [0.717, 1.165) is 42.1 Å². The van der Waals surface area contributed by atoms with Gasteiger partial charge in [-0.1, -0.05) is 31.4 Å². The van der Waals surface area contributed by atoms with Gasteiger partial charge < -0.3 is 15.4 Å². The number of nitrogens with one attached hydrogen (secondary N) is 2. The molecular weight excluding hydrogens is 288 g/mol. The second-order valence-electron chi connectivity index (χ2n) is 6.79. The van der Waals surface area contributed by atoms with E-state index in [0.29, 0.717) is 6.42 Å². The molecule has 1 aliphatic rings. The number of rotatable bonds is 4. The Kier molecular flexibility index (Phi) is 5.01. The number of hydrogen-bond acceptors (Lipinski definition) is 2. The summed E-state index contributed by atoms with van der Waals surface area (Å²) in [5.41, 5.74) is 3.32. The molecule has 2 aromatic rings. The lowest BCUT2D eigenvalue weighted by Gasteiger charge is -2.24. The largest absolute Gasteiger partial charge is 0.396 e. The minimum atomic E-state index is 0.0526. The molecular formula is C19H26N2O2. The summed E-state index contributed by atoms with van der Waals surface area (Å²) in [5, 5.41) is 13.8. The summed E-state index contributed by atoms with van der Waals surface area (Å²) in [7, 11) is 0. The lowest BCUT2D eigenvalue weighted by molar-refractivity contribution is -0.121. The summed E-state index contributed by atoms with van der Waals surface area (Å²) < 4.78 is 0. The van der Waals surface area contributed by atoms with E-state index in [1.807, 2.05) is 6.20 Å². The van der Waals surface area contributed by atoms with E-state index in [-0.39, 0.29) is 24.5 Å². The Balaban J connectivity index is 1.68. The molecule has 4 heteroatoms. The van der Waals surface area contributed by atoms with Gasteiger partial charge in [0.1, 0.15) is 0 Å². The minimum Gasteiger partial charge on any atom is -0.396 e. The number of hydrogen-bond donors (Lipinski definition) is 3. The molecule has 1 saturated carbocycles. The van der Waals surface area contributed by atoms with E-state index >= 15 is 0 Å². The Hall–Kier alpha value is -1.81. The van der Waals surface area contributed by atoms with Gasteiger partial charge in [0.05, 0.1) is 6.42 Å². The van der Waals surface area contributed by atoms with Gasteiger partial charge in [0, 0.05) is 35.7 Å². The zero-order chi connectivity index (χ0) is 16.2. The van der Waals surface area contributed by atoms with Crippen molar-refractivity contribution >= 4 is 16.8 Å². The van der Waals surface area contributed by atoms with Crippen LogP contribution in [0.25, 0.3) is 10.9 Å². The predicted octanol–water partition coefficient (Wildman–Crippen LogP) is 3.08. The highest BCUT2D eigenvalue weighted by molar-refractivity contribution is 5.89. The van der Waals surface area contributed by atoms with Crippen LogP contribution in [0, 0.1) is 12.8 Å². The molecule has 1 amide bonds. The van der Waals surface area contributed by atoms with Crippen LogP contribution in [0.2, 0.25) is 0 Å². The number of H-pyrrole nitrogens is 1. The number of fused-ring (bicyclic) bond motifs is 1. The molecule has 0 radical (unpaired) electrons. The van der Waals surface area contributed by atoms with Crippen molar-refractivity contribution in [1.82, 2.24) is 10.3 Å². The van der Waals surface area contributed by atoms with Gasteiger partial charge in [-0.25, -0.2) is 0 Å². The predicted molar refractivity (Wildman–Crippen MR) is 92.3 cm³/mol. The molecule has 2 atom stereocenters. The first-order chi connectivity index (χ1) is 11.2. The maximum Gasteiger partial charge on any atom is 0.224 e. The van der Waals surface area contributed by atoms with Gasteiger partial charge in [0.15, 0.2) is 0 Å². The maximum absolute atomic E-state index is 12.5. The summed E-state index contributed by atoms with van der Waals surface area (Å²) in [4.78, 5) is 15.7. The van der Waals surface area contributed by atoms with Crippen LogP contribution in [0.3, 0.4) is 0 Å². The molecule has 0 aliphatic heterocycles. The van der Waals surface area contributed by atoms with E-state index in [1.54, 1.807) is 0 Å². The van der Waals surface area contributed by atoms with Gasteiger partial charge >= 0.3 is 0 Å². The molecule has 3 N–H and O–H groups in total.